The van der Waals surface area contributed by atoms with Crippen LogP contribution in [-0.4, -0.2) is 82.7 Å². The van der Waals surface area contributed by atoms with Crippen molar-refractivity contribution in [3.05, 3.63) is 53.6 Å². The SMILES string of the molecule is CC[C@H](C)[C@H](CO)N1C(=O)[C@@H]2[C@@H]3C(=O)N(C)CC=C[C@]3(CC)O[C@@]23C=CCN(c2c(C)cccc2C)C(=O)C13. The van der Waals surface area contributed by atoms with Crippen molar-refractivity contribution in [3.63, 3.8) is 0 Å². The number of aryl methyl sites for hydroxylation is 2. The molecule has 0 saturated carbocycles. The quantitative estimate of drug-likeness (QED) is 0.566. The predicted octanol–water partition coefficient (Wildman–Crippen LogP) is 3.00. The van der Waals surface area contributed by atoms with E-state index in [2.05, 4.69) is 0 Å². The summed E-state index contributed by atoms with van der Waals surface area (Å²) in [5.41, 5.74) is 0.401. The Morgan fingerprint density at radius 2 is 1.67 bits per heavy atom. The molecule has 4 aliphatic heterocycles. The van der Waals surface area contributed by atoms with Crippen LogP contribution in [0.1, 0.15) is 44.7 Å². The molecule has 2 saturated heterocycles. The maximum Gasteiger partial charge on any atom is 0.253 e. The summed E-state index contributed by atoms with van der Waals surface area (Å²) in [6.45, 7) is 10.4. The minimum Gasteiger partial charge on any atom is -0.394 e. The number of ether oxygens (including phenoxy) is 1. The Labute approximate surface area is 231 Å². The van der Waals surface area contributed by atoms with E-state index in [0.29, 0.717) is 19.5 Å². The van der Waals surface area contributed by atoms with Crippen LogP contribution in [0.15, 0.2) is 42.5 Å². The van der Waals surface area contributed by atoms with Crippen molar-refractivity contribution in [2.24, 2.45) is 17.8 Å². The van der Waals surface area contributed by atoms with Crippen LogP contribution in [0.4, 0.5) is 5.69 Å². The number of benzene rings is 1. The van der Waals surface area contributed by atoms with E-state index >= 15 is 0 Å². The molecule has 210 valence electrons. The van der Waals surface area contributed by atoms with Gasteiger partial charge in [0.25, 0.3) is 5.91 Å². The Morgan fingerprint density at radius 3 is 2.28 bits per heavy atom. The molecule has 2 fully saturated rings. The van der Waals surface area contributed by atoms with Gasteiger partial charge in [-0.3, -0.25) is 14.4 Å². The number of hydrogen-bond donors (Lipinski definition) is 1. The molecule has 39 heavy (non-hydrogen) atoms. The summed E-state index contributed by atoms with van der Waals surface area (Å²) in [6.07, 6.45) is 8.87. The number of nitrogens with zero attached hydrogens (tertiary/aromatic N) is 3. The Balaban J connectivity index is 1.74. The minimum absolute atomic E-state index is 0.0631. The number of aliphatic hydroxyl groups excluding tert-OH is 1. The Bertz CT molecular complexity index is 1220. The van der Waals surface area contributed by atoms with Crippen LogP contribution in [-0.2, 0) is 19.1 Å². The molecule has 0 aliphatic carbocycles. The fourth-order valence-electron chi connectivity index (χ4n) is 7.42. The zero-order valence-electron chi connectivity index (χ0n) is 23.9. The lowest BCUT2D eigenvalue weighted by atomic mass is 9.73. The molecule has 4 aliphatic rings. The highest BCUT2D eigenvalue weighted by atomic mass is 16.5. The first-order chi connectivity index (χ1) is 18.6. The molecule has 1 aromatic rings. The van der Waals surface area contributed by atoms with Crippen molar-refractivity contribution in [3.8, 4) is 0 Å². The number of likely N-dealkylation sites (N-methyl/N-ethyl adjacent to an activating group) is 1. The summed E-state index contributed by atoms with van der Waals surface area (Å²) < 4.78 is 7.01. The van der Waals surface area contributed by atoms with E-state index in [4.69, 9.17) is 4.74 Å². The molecular weight excluding hydrogens is 494 g/mol. The van der Waals surface area contributed by atoms with Crippen LogP contribution in [0.25, 0.3) is 0 Å². The average molecular weight is 536 g/mol. The highest BCUT2D eigenvalue weighted by molar-refractivity contribution is 6.06. The third-order valence-electron chi connectivity index (χ3n) is 9.63. The molecule has 5 rings (SSSR count). The molecule has 0 aromatic heterocycles. The second-order valence-corrected chi connectivity index (χ2v) is 11.7. The molecule has 3 amide bonds. The molecule has 7 atom stereocenters. The summed E-state index contributed by atoms with van der Waals surface area (Å²) in [5, 5.41) is 10.6. The van der Waals surface area contributed by atoms with E-state index in [1.54, 1.807) is 21.7 Å². The number of hydrogen-bond acceptors (Lipinski definition) is 5. The van der Waals surface area contributed by atoms with Gasteiger partial charge in [0.05, 0.1) is 30.1 Å². The summed E-state index contributed by atoms with van der Waals surface area (Å²) in [7, 11) is 1.74. The smallest absolute Gasteiger partial charge is 0.253 e. The van der Waals surface area contributed by atoms with E-state index in [0.717, 1.165) is 23.2 Å². The Morgan fingerprint density at radius 1 is 1.00 bits per heavy atom. The van der Waals surface area contributed by atoms with Crippen LogP contribution in [0.2, 0.25) is 0 Å². The normalized spacial score (nSPS) is 33.6. The largest absolute Gasteiger partial charge is 0.394 e. The molecule has 1 unspecified atom stereocenters. The van der Waals surface area contributed by atoms with Crippen LogP contribution >= 0.6 is 0 Å². The van der Waals surface area contributed by atoms with E-state index in [-0.39, 0.29) is 30.2 Å². The molecule has 1 aromatic carbocycles. The molecular formula is C31H41N3O5. The van der Waals surface area contributed by atoms with E-state index < -0.39 is 35.1 Å². The van der Waals surface area contributed by atoms with Gasteiger partial charge < -0.3 is 24.5 Å². The average Bonchev–Trinajstić information content (AvgIpc) is 3.22. The van der Waals surface area contributed by atoms with Crippen molar-refractivity contribution < 1.29 is 24.2 Å². The molecule has 1 N–H and O–H groups in total. The van der Waals surface area contributed by atoms with Crippen LogP contribution in [0.5, 0.6) is 0 Å². The van der Waals surface area contributed by atoms with E-state index in [9.17, 15) is 19.5 Å². The first-order valence-corrected chi connectivity index (χ1v) is 14.2. The van der Waals surface area contributed by atoms with Crippen molar-refractivity contribution in [1.29, 1.82) is 0 Å². The number of carbonyl (C=O) groups is 3. The fraction of sp³-hybridized carbons (Fsp3) is 0.581. The number of para-hydroxylation sites is 1. The second-order valence-electron chi connectivity index (χ2n) is 11.7. The van der Waals surface area contributed by atoms with Crippen molar-refractivity contribution in [2.75, 3.05) is 31.6 Å². The highest BCUT2D eigenvalue weighted by Crippen LogP contribution is 2.59. The highest BCUT2D eigenvalue weighted by Gasteiger charge is 2.76. The van der Waals surface area contributed by atoms with Gasteiger partial charge in [-0.05, 0) is 37.3 Å². The predicted molar refractivity (Wildman–Crippen MR) is 149 cm³/mol. The number of carbonyl (C=O) groups excluding carboxylic acids is 3. The number of fused-ring (bicyclic) bond motifs is 2. The van der Waals surface area contributed by atoms with Crippen LogP contribution in [0, 0.1) is 31.6 Å². The lowest BCUT2D eigenvalue weighted by Crippen LogP contribution is -2.60. The lowest BCUT2D eigenvalue weighted by Gasteiger charge is -2.42. The summed E-state index contributed by atoms with van der Waals surface area (Å²) in [4.78, 5) is 48.3. The van der Waals surface area contributed by atoms with Crippen molar-refractivity contribution >= 4 is 23.4 Å². The van der Waals surface area contributed by atoms with Gasteiger partial charge >= 0.3 is 0 Å². The Kier molecular flexibility index (Phi) is 7.00. The Hall–Kier alpha value is -2.97. The van der Waals surface area contributed by atoms with Crippen molar-refractivity contribution in [1.82, 2.24) is 9.80 Å². The first kappa shape index (κ1) is 27.6. The van der Waals surface area contributed by atoms with Crippen molar-refractivity contribution in [2.45, 2.75) is 70.7 Å². The van der Waals surface area contributed by atoms with Crippen LogP contribution < -0.4 is 4.90 Å². The minimum atomic E-state index is -1.33. The zero-order chi connectivity index (χ0) is 28.3. The van der Waals surface area contributed by atoms with Gasteiger partial charge in [-0.2, -0.15) is 0 Å². The summed E-state index contributed by atoms with van der Waals surface area (Å²) in [6, 6.07) is 4.32. The molecule has 4 heterocycles. The molecule has 1 spiro atoms. The van der Waals surface area contributed by atoms with E-state index in [1.165, 1.54) is 0 Å². The van der Waals surface area contributed by atoms with Gasteiger partial charge in [-0.1, -0.05) is 69.7 Å². The number of amides is 3. The molecule has 0 bridgehead atoms. The molecule has 8 heteroatoms. The van der Waals surface area contributed by atoms with Gasteiger partial charge in [-0.15, -0.1) is 0 Å². The summed E-state index contributed by atoms with van der Waals surface area (Å²) in [5.74, 6) is -2.41. The maximum absolute atomic E-state index is 14.8. The topological polar surface area (TPSA) is 90.4 Å². The summed E-state index contributed by atoms with van der Waals surface area (Å²) >= 11 is 0. The number of anilines is 1. The fourth-order valence-corrected chi connectivity index (χ4v) is 7.42. The number of aliphatic hydroxyl groups is 1. The second kappa shape index (κ2) is 9.89. The van der Waals surface area contributed by atoms with Gasteiger partial charge in [-0.25, -0.2) is 0 Å². The van der Waals surface area contributed by atoms with Gasteiger partial charge in [0.1, 0.15) is 11.6 Å². The van der Waals surface area contributed by atoms with Gasteiger partial charge in [0.2, 0.25) is 11.8 Å². The van der Waals surface area contributed by atoms with Gasteiger partial charge in [0.15, 0.2) is 0 Å². The van der Waals surface area contributed by atoms with Crippen LogP contribution in [0.3, 0.4) is 0 Å². The number of rotatable bonds is 6. The first-order valence-electron chi connectivity index (χ1n) is 14.2. The zero-order valence-corrected chi connectivity index (χ0v) is 23.9. The number of likely N-dealkylation sites (tertiary alicyclic amines) is 1. The third-order valence-corrected chi connectivity index (χ3v) is 9.63. The maximum atomic E-state index is 14.8. The third kappa shape index (κ3) is 3.82. The molecule has 8 nitrogen and oxygen atoms in total. The van der Waals surface area contributed by atoms with Gasteiger partial charge in [0, 0.05) is 25.8 Å². The standard InChI is InChI=1S/C31H41N3O5/c1-7-19(3)22(18-35)34-26-29(38)33(25-20(4)12-9-13-21(25)5)17-11-15-31(26)24(28(34)37)23-27(36)32(6)16-10-14-30(23,8-2)39-31/h9-15,19,22-24,26,35H,7-8,16-18H2,1-6H3/t19-,22-,23+,24-,26?,30-,31-/m0/s1. The molecule has 0 radical (unpaired) electrons. The monoisotopic (exact) mass is 535 g/mol. The lowest BCUT2D eigenvalue weighted by molar-refractivity contribution is -0.153. The van der Waals surface area contributed by atoms with E-state index in [1.807, 2.05) is 77.1 Å².